The van der Waals surface area contributed by atoms with Crippen LogP contribution in [0.15, 0.2) is 78.0 Å². The van der Waals surface area contributed by atoms with Gasteiger partial charge in [-0.25, -0.2) is 22.2 Å². The number of nitrogens with one attached hydrogen (secondary N) is 1. The van der Waals surface area contributed by atoms with Gasteiger partial charge < -0.3 is 4.40 Å². The maximum Gasteiger partial charge on any atom is 0.264 e. The highest BCUT2D eigenvalue weighted by Crippen LogP contribution is 2.24. The third-order valence-electron chi connectivity index (χ3n) is 3.98. The molecule has 0 atom stereocenters. The Balaban J connectivity index is 1.60. The van der Waals surface area contributed by atoms with E-state index in [1.54, 1.807) is 24.3 Å². The van der Waals surface area contributed by atoms with Crippen LogP contribution >= 0.6 is 0 Å². The van der Waals surface area contributed by atoms with E-state index in [0.29, 0.717) is 6.07 Å². The lowest BCUT2D eigenvalue weighted by Crippen LogP contribution is -2.14. The second-order valence-corrected chi connectivity index (χ2v) is 7.50. The van der Waals surface area contributed by atoms with E-state index >= 15 is 0 Å². The maximum absolute atomic E-state index is 13.8. The third-order valence-corrected chi connectivity index (χ3v) is 5.39. The van der Waals surface area contributed by atoms with Crippen molar-refractivity contribution in [3.05, 3.63) is 84.7 Å². The number of nitrogens with zero attached hydrogens (tertiary/aromatic N) is 2. The van der Waals surface area contributed by atoms with E-state index in [9.17, 15) is 17.2 Å². The van der Waals surface area contributed by atoms with Crippen molar-refractivity contribution in [2.24, 2.45) is 0 Å². The molecule has 136 valence electrons. The Kier molecular flexibility index (Phi) is 4.12. The minimum Gasteiger partial charge on any atom is -0.306 e. The number of aromatic nitrogens is 2. The smallest absolute Gasteiger partial charge is 0.264 e. The average Bonchev–Trinajstić information content (AvgIpc) is 3.05. The number of hydrogen-bond acceptors (Lipinski definition) is 3. The molecule has 5 nitrogen and oxygen atoms in total. The zero-order valence-corrected chi connectivity index (χ0v) is 14.6. The fourth-order valence-electron chi connectivity index (χ4n) is 2.69. The molecule has 0 unspecified atom stereocenters. The third kappa shape index (κ3) is 3.39. The van der Waals surface area contributed by atoms with Crippen molar-refractivity contribution < 1.29 is 17.2 Å². The first-order chi connectivity index (χ1) is 12.9. The normalized spacial score (nSPS) is 11.6. The van der Waals surface area contributed by atoms with Crippen molar-refractivity contribution in [3.63, 3.8) is 0 Å². The largest absolute Gasteiger partial charge is 0.306 e. The van der Waals surface area contributed by atoms with Gasteiger partial charge in [-0.3, -0.25) is 4.72 Å². The van der Waals surface area contributed by atoms with E-state index in [1.165, 1.54) is 0 Å². The number of rotatable bonds is 4. The molecular formula is C19H13F2N3O2S. The van der Waals surface area contributed by atoms with Crippen LogP contribution in [0.25, 0.3) is 16.9 Å². The lowest BCUT2D eigenvalue weighted by Gasteiger charge is -2.09. The van der Waals surface area contributed by atoms with Gasteiger partial charge in [-0.2, -0.15) is 0 Å². The lowest BCUT2D eigenvalue weighted by atomic mass is 10.1. The Morgan fingerprint density at radius 1 is 0.963 bits per heavy atom. The molecule has 4 aromatic rings. The van der Waals surface area contributed by atoms with Crippen LogP contribution in [0.5, 0.6) is 0 Å². The van der Waals surface area contributed by atoms with Crippen molar-refractivity contribution in [2.45, 2.75) is 4.90 Å². The van der Waals surface area contributed by atoms with Gasteiger partial charge in [-0.15, -0.1) is 0 Å². The number of benzene rings is 2. The van der Waals surface area contributed by atoms with Crippen molar-refractivity contribution >= 4 is 21.4 Å². The van der Waals surface area contributed by atoms with Gasteiger partial charge in [0.05, 0.1) is 5.69 Å². The summed E-state index contributed by atoms with van der Waals surface area (Å²) >= 11 is 0. The molecule has 1 N–H and O–H groups in total. The van der Waals surface area contributed by atoms with E-state index < -0.39 is 26.6 Å². The first-order valence-corrected chi connectivity index (χ1v) is 9.43. The van der Waals surface area contributed by atoms with Crippen LogP contribution in [0.2, 0.25) is 0 Å². The van der Waals surface area contributed by atoms with Gasteiger partial charge in [0.2, 0.25) is 0 Å². The van der Waals surface area contributed by atoms with E-state index in [1.807, 2.05) is 35.0 Å². The molecule has 0 aliphatic carbocycles. The Morgan fingerprint density at radius 3 is 2.44 bits per heavy atom. The van der Waals surface area contributed by atoms with Crippen LogP contribution in [0.3, 0.4) is 0 Å². The molecule has 0 radical (unpaired) electrons. The molecule has 0 saturated carbocycles. The number of anilines is 1. The summed E-state index contributed by atoms with van der Waals surface area (Å²) in [5.74, 6) is -1.99. The first kappa shape index (κ1) is 17.2. The van der Waals surface area contributed by atoms with Gasteiger partial charge in [0.25, 0.3) is 10.0 Å². The Morgan fingerprint density at radius 2 is 1.74 bits per heavy atom. The quantitative estimate of drug-likeness (QED) is 0.576. The number of imidazole rings is 1. The Hall–Kier alpha value is -3.26. The highest BCUT2D eigenvalue weighted by molar-refractivity contribution is 7.92. The summed E-state index contributed by atoms with van der Waals surface area (Å²) in [6, 6.07) is 14.5. The van der Waals surface area contributed by atoms with Crippen LogP contribution < -0.4 is 4.72 Å². The van der Waals surface area contributed by atoms with Crippen molar-refractivity contribution in [2.75, 3.05) is 4.72 Å². The zero-order valence-electron chi connectivity index (χ0n) is 13.8. The maximum atomic E-state index is 13.8. The Bertz CT molecular complexity index is 1200. The molecule has 4 rings (SSSR count). The minimum atomic E-state index is -4.17. The molecule has 0 spiro atoms. The molecule has 0 saturated heterocycles. The molecule has 8 heteroatoms. The van der Waals surface area contributed by atoms with E-state index in [0.717, 1.165) is 29.0 Å². The summed E-state index contributed by atoms with van der Waals surface area (Å²) < 4.78 is 55.5. The highest BCUT2D eigenvalue weighted by Gasteiger charge is 2.19. The molecule has 2 aromatic heterocycles. The highest BCUT2D eigenvalue weighted by atomic mass is 32.2. The standard InChI is InChI=1S/C19H13F2N3O2S/c20-14-6-9-18(16(21)11-14)27(25,26)23-15-7-4-13(5-8-15)17-12-24-10-2-1-3-19(24)22-17/h1-12,23H. The van der Waals surface area contributed by atoms with Gasteiger partial charge >= 0.3 is 0 Å². The van der Waals surface area contributed by atoms with E-state index in [-0.39, 0.29) is 5.69 Å². The van der Waals surface area contributed by atoms with Gasteiger partial charge in [-0.05, 0) is 36.4 Å². The molecule has 2 heterocycles. The summed E-state index contributed by atoms with van der Waals surface area (Å²) in [5, 5.41) is 0. The SMILES string of the molecule is O=S(=O)(Nc1ccc(-c2cn3ccccc3n2)cc1)c1ccc(F)cc1F. The van der Waals surface area contributed by atoms with E-state index in [2.05, 4.69) is 9.71 Å². The molecule has 0 aliphatic heterocycles. The van der Waals surface area contributed by atoms with Crippen LogP contribution in [-0.4, -0.2) is 17.8 Å². The summed E-state index contributed by atoms with van der Waals surface area (Å²) in [6.45, 7) is 0. The fraction of sp³-hybridized carbons (Fsp3) is 0. The first-order valence-electron chi connectivity index (χ1n) is 7.94. The predicted octanol–water partition coefficient (Wildman–Crippen LogP) is 4.08. The summed E-state index contributed by atoms with van der Waals surface area (Å²) in [6.07, 6.45) is 3.74. The van der Waals surface area contributed by atoms with Crippen LogP contribution in [0.1, 0.15) is 0 Å². The van der Waals surface area contributed by atoms with Crippen molar-refractivity contribution in [1.29, 1.82) is 0 Å². The average molecular weight is 385 g/mol. The number of sulfonamides is 1. The number of hydrogen-bond donors (Lipinski definition) is 1. The molecule has 0 aliphatic rings. The minimum absolute atomic E-state index is 0.256. The molecule has 0 amide bonds. The molecule has 0 fully saturated rings. The fourth-order valence-corrected chi connectivity index (χ4v) is 3.81. The molecular weight excluding hydrogens is 372 g/mol. The van der Waals surface area contributed by atoms with Gasteiger partial charge in [0.1, 0.15) is 22.2 Å². The molecule has 2 aromatic carbocycles. The van der Waals surface area contributed by atoms with Crippen LogP contribution in [0, 0.1) is 11.6 Å². The van der Waals surface area contributed by atoms with Crippen LogP contribution in [-0.2, 0) is 10.0 Å². The number of fused-ring (bicyclic) bond motifs is 1. The van der Waals surface area contributed by atoms with Crippen molar-refractivity contribution in [1.82, 2.24) is 9.38 Å². The summed E-state index contributed by atoms with van der Waals surface area (Å²) in [4.78, 5) is 3.88. The van der Waals surface area contributed by atoms with Crippen LogP contribution in [0.4, 0.5) is 14.5 Å². The topological polar surface area (TPSA) is 63.5 Å². The monoisotopic (exact) mass is 385 g/mol. The number of halogens is 2. The lowest BCUT2D eigenvalue weighted by molar-refractivity contribution is 0.551. The predicted molar refractivity (Wildman–Crippen MR) is 97.8 cm³/mol. The van der Waals surface area contributed by atoms with Gasteiger partial charge in [-0.1, -0.05) is 18.2 Å². The second kappa shape index (κ2) is 6.48. The van der Waals surface area contributed by atoms with Crippen molar-refractivity contribution in [3.8, 4) is 11.3 Å². The van der Waals surface area contributed by atoms with Gasteiger partial charge in [0, 0.05) is 29.7 Å². The molecule has 27 heavy (non-hydrogen) atoms. The Labute approximate surface area is 154 Å². The second-order valence-electron chi connectivity index (χ2n) is 5.85. The summed E-state index contributed by atoms with van der Waals surface area (Å²) in [5.41, 5.74) is 2.59. The van der Waals surface area contributed by atoms with E-state index in [4.69, 9.17) is 0 Å². The van der Waals surface area contributed by atoms with Gasteiger partial charge in [0.15, 0.2) is 0 Å². The molecule has 0 bridgehead atoms. The number of pyridine rings is 1. The summed E-state index contributed by atoms with van der Waals surface area (Å²) in [7, 11) is -4.17. The zero-order chi connectivity index (χ0) is 19.0.